The van der Waals surface area contributed by atoms with E-state index < -0.39 is 0 Å². The number of nitrogens with zero attached hydrogens (tertiary/aromatic N) is 3. The summed E-state index contributed by atoms with van der Waals surface area (Å²) in [4.78, 5) is 24.4. The number of hydrogen-bond acceptors (Lipinski definition) is 6. The third kappa shape index (κ3) is 3.01. The predicted molar refractivity (Wildman–Crippen MR) is 69.7 cm³/mol. The lowest BCUT2D eigenvalue weighted by atomic mass is 10.4. The summed E-state index contributed by atoms with van der Waals surface area (Å²) >= 11 is 1.34. The molecule has 0 fully saturated rings. The lowest BCUT2D eigenvalue weighted by Crippen LogP contribution is -2.16. The Balaban J connectivity index is 2.00. The fraction of sp³-hybridized carbons (Fsp3) is 0.500. The molecule has 2 rings (SSSR count). The van der Waals surface area contributed by atoms with Gasteiger partial charge in [0.1, 0.15) is 4.70 Å². The van der Waals surface area contributed by atoms with Gasteiger partial charge in [-0.2, -0.15) is 4.98 Å². The van der Waals surface area contributed by atoms with E-state index in [-0.39, 0.29) is 5.56 Å². The van der Waals surface area contributed by atoms with Gasteiger partial charge in [-0.05, 0) is 27.1 Å². The van der Waals surface area contributed by atoms with Crippen molar-refractivity contribution in [2.24, 2.45) is 0 Å². The summed E-state index contributed by atoms with van der Waals surface area (Å²) in [5.41, 5.74) is 0.378. The van der Waals surface area contributed by atoms with E-state index in [0.717, 1.165) is 24.6 Å². The summed E-state index contributed by atoms with van der Waals surface area (Å²) in [7, 11) is 4.09. The van der Waals surface area contributed by atoms with Gasteiger partial charge in [0.2, 0.25) is 0 Å². The van der Waals surface area contributed by atoms with Crippen molar-refractivity contribution in [3.63, 3.8) is 0 Å². The maximum Gasteiger partial charge on any atom is 0.270 e. The third-order valence-corrected chi connectivity index (χ3v) is 3.26. The van der Waals surface area contributed by atoms with Crippen LogP contribution in [0.2, 0.25) is 0 Å². The van der Waals surface area contributed by atoms with Crippen LogP contribution in [0.5, 0.6) is 0 Å². The molecular weight excluding hydrogens is 238 g/mol. The number of fused-ring (bicyclic) bond motifs is 1. The summed E-state index contributed by atoms with van der Waals surface area (Å²) in [5, 5.41) is 3.96. The number of aromatic nitrogens is 3. The first kappa shape index (κ1) is 12.0. The monoisotopic (exact) mass is 253 g/mol. The average molecular weight is 253 g/mol. The van der Waals surface area contributed by atoms with E-state index in [9.17, 15) is 4.79 Å². The molecule has 0 aliphatic rings. The molecule has 0 aliphatic carbocycles. The highest BCUT2D eigenvalue weighted by Gasteiger charge is 2.06. The molecule has 0 atom stereocenters. The highest BCUT2D eigenvalue weighted by atomic mass is 32.1. The van der Waals surface area contributed by atoms with Crippen LogP contribution in [0.1, 0.15) is 6.42 Å². The van der Waals surface area contributed by atoms with Crippen LogP contribution < -0.4 is 10.9 Å². The van der Waals surface area contributed by atoms with Crippen molar-refractivity contribution in [3.05, 3.63) is 16.7 Å². The van der Waals surface area contributed by atoms with Crippen molar-refractivity contribution in [2.45, 2.75) is 6.42 Å². The zero-order valence-corrected chi connectivity index (χ0v) is 10.7. The number of rotatable bonds is 5. The molecular formula is C10H15N5OS. The van der Waals surface area contributed by atoms with E-state index in [1.165, 1.54) is 17.7 Å². The molecule has 0 radical (unpaired) electrons. The molecule has 2 heterocycles. The van der Waals surface area contributed by atoms with Gasteiger partial charge >= 0.3 is 0 Å². The van der Waals surface area contributed by atoms with Gasteiger partial charge in [-0.25, -0.2) is 4.98 Å². The van der Waals surface area contributed by atoms with Crippen molar-refractivity contribution in [3.8, 4) is 0 Å². The Bertz CT molecular complexity index is 547. The molecule has 0 amide bonds. The van der Waals surface area contributed by atoms with Crippen LogP contribution in [0, 0.1) is 0 Å². The van der Waals surface area contributed by atoms with Crippen LogP contribution in [0.3, 0.4) is 0 Å². The van der Waals surface area contributed by atoms with Crippen LogP contribution >= 0.6 is 11.3 Å². The largest absolute Gasteiger partial charge is 0.361 e. The average Bonchev–Trinajstić information content (AvgIpc) is 2.69. The van der Waals surface area contributed by atoms with Crippen molar-refractivity contribution in [1.29, 1.82) is 0 Å². The van der Waals surface area contributed by atoms with E-state index in [2.05, 4.69) is 25.2 Å². The standard InChI is InChI=1S/C10H15N5OS/c1-15(2)5-3-4-11-10-14-8-7(17-10)9(16)13-6-12-8/h6H,3-5H2,1-2H3,(H2,11,12,13,14,16). The molecule has 17 heavy (non-hydrogen) atoms. The molecule has 0 unspecified atom stereocenters. The number of thiazole rings is 1. The lowest BCUT2D eigenvalue weighted by molar-refractivity contribution is 0.405. The molecule has 6 nitrogen and oxygen atoms in total. The van der Waals surface area contributed by atoms with E-state index in [1.54, 1.807) is 0 Å². The minimum absolute atomic E-state index is 0.131. The van der Waals surface area contributed by atoms with Gasteiger partial charge < -0.3 is 15.2 Å². The summed E-state index contributed by atoms with van der Waals surface area (Å²) < 4.78 is 0.572. The molecule has 2 aromatic rings. The Labute approximate surface area is 103 Å². The number of aromatic amines is 1. The normalized spacial score (nSPS) is 11.2. The summed E-state index contributed by atoms with van der Waals surface area (Å²) in [6.07, 6.45) is 2.41. The van der Waals surface area contributed by atoms with Crippen LogP contribution in [0.4, 0.5) is 5.13 Å². The molecule has 7 heteroatoms. The molecule has 0 saturated heterocycles. The number of anilines is 1. The van der Waals surface area contributed by atoms with Gasteiger partial charge in [0, 0.05) is 6.54 Å². The second-order valence-electron chi connectivity index (χ2n) is 3.99. The van der Waals surface area contributed by atoms with Gasteiger partial charge in [0.25, 0.3) is 5.56 Å². The lowest BCUT2D eigenvalue weighted by Gasteiger charge is -2.08. The Hall–Kier alpha value is -1.47. The highest BCUT2D eigenvalue weighted by molar-refractivity contribution is 7.22. The number of nitrogens with one attached hydrogen (secondary N) is 2. The predicted octanol–water partition coefficient (Wildman–Crippen LogP) is 0.743. The van der Waals surface area contributed by atoms with Gasteiger partial charge in [-0.3, -0.25) is 4.79 Å². The minimum atomic E-state index is -0.131. The molecule has 2 N–H and O–H groups in total. The van der Waals surface area contributed by atoms with Crippen molar-refractivity contribution >= 4 is 26.8 Å². The summed E-state index contributed by atoms with van der Waals surface area (Å²) in [6.45, 7) is 1.87. The maximum absolute atomic E-state index is 11.5. The van der Waals surface area contributed by atoms with Crippen molar-refractivity contribution in [2.75, 3.05) is 32.5 Å². The quantitative estimate of drug-likeness (QED) is 0.769. The minimum Gasteiger partial charge on any atom is -0.361 e. The van der Waals surface area contributed by atoms with Crippen LogP contribution in [0.25, 0.3) is 10.3 Å². The smallest absolute Gasteiger partial charge is 0.270 e. The molecule has 0 spiro atoms. The van der Waals surface area contributed by atoms with Gasteiger partial charge in [-0.15, -0.1) is 0 Å². The first-order chi connectivity index (χ1) is 8.16. The van der Waals surface area contributed by atoms with E-state index in [1.807, 2.05) is 14.1 Å². The molecule has 0 bridgehead atoms. The van der Waals surface area contributed by atoms with E-state index in [0.29, 0.717) is 10.3 Å². The Morgan fingerprint density at radius 3 is 3.06 bits per heavy atom. The first-order valence-corrected chi connectivity index (χ1v) is 6.21. The maximum atomic E-state index is 11.5. The van der Waals surface area contributed by atoms with Crippen LogP contribution in [-0.2, 0) is 0 Å². The molecule has 0 aliphatic heterocycles. The fourth-order valence-corrected chi connectivity index (χ4v) is 2.27. The molecule has 0 saturated carbocycles. The van der Waals surface area contributed by atoms with Gasteiger partial charge in [0.15, 0.2) is 10.8 Å². The van der Waals surface area contributed by atoms with E-state index >= 15 is 0 Å². The zero-order chi connectivity index (χ0) is 12.3. The number of H-pyrrole nitrogens is 1. The second kappa shape index (κ2) is 5.24. The molecule has 92 valence electrons. The van der Waals surface area contributed by atoms with Gasteiger partial charge in [0.05, 0.1) is 6.33 Å². The Kier molecular flexibility index (Phi) is 3.70. The summed E-state index contributed by atoms with van der Waals surface area (Å²) in [6, 6.07) is 0. The van der Waals surface area contributed by atoms with Gasteiger partial charge in [-0.1, -0.05) is 11.3 Å². The molecule has 0 aromatic carbocycles. The van der Waals surface area contributed by atoms with Crippen LogP contribution in [0.15, 0.2) is 11.1 Å². The van der Waals surface area contributed by atoms with Crippen LogP contribution in [-0.4, -0.2) is 47.0 Å². The Morgan fingerprint density at radius 2 is 2.35 bits per heavy atom. The highest BCUT2D eigenvalue weighted by Crippen LogP contribution is 2.20. The Morgan fingerprint density at radius 1 is 1.53 bits per heavy atom. The SMILES string of the molecule is CN(C)CCCNc1nc2nc[nH]c(=O)c2s1. The number of hydrogen-bond donors (Lipinski definition) is 2. The summed E-state index contributed by atoms with van der Waals surface area (Å²) in [5.74, 6) is 0. The van der Waals surface area contributed by atoms with Crippen molar-refractivity contribution < 1.29 is 0 Å². The van der Waals surface area contributed by atoms with E-state index in [4.69, 9.17) is 0 Å². The first-order valence-electron chi connectivity index (χ1n) is 5.39. The second-order valence-corrected chi connectivity index (χ2v) is 4.99. The zero-order valence-electron chi connectivity index (χ0n) is 9.86. The molecule has 2 aromatic heterocycles. The fourth-order valence-electron chi connectivity index (χ4n) is 1.43. The third-order valence-electron chi connectivity index (χ3n) is 2.26. The van der Waals surface area contributed by atoms with Crippen molar-refractivity contribution in [1.82, 2.24) is 19.9 Å². The topological polar surface area (TPSA) is 73.9 Å².